The van der Waals surface area contributed by atoms with Gasteiger partial charge in [0.15, 0.2) is 12.4 Å². The molecule has 1 atom stereocenters. The van der Waals surface area contributed by atoms with Crippen LogP contribution in [0.25, 0.3) is 0 Å². The van der Waals surface area contributed by atoms with Gasteiger partial charge in [-0.15, -0.1) is 0 Å². The fraction of sp³-hybridized carbons (Fsp3) is 0.818. The van der Waals surface area contributed by atoms with E-state index in [0.29, 0.717) is 0 Å². The molecule has 0 aromatic heterocycles. The Morgan fingerprint density at radius 2 is 1.22 bits per heavy atom. The second kappa shape index (κ2) is 7.04. The standard InChI is InChI=1S/C11H6ClF13O2/c12-3-4(26-1-7(17,18)5(13)14)9(21,22)11(24,25)10(3,23)27-2-8(19,20)6(15)16/h5-6H,1-2H2. The van der Waals surface area contributed by atoms with E-state index < -0.39 is 66.4 Å². The van der Waals surface area contributed by atoms with Gasteiger partial charge in [0.1, 0.15) is 11.6 Å². The van der Waals surface area contributed by atoms with E-state index in [1.165, 1.54) is 0 Å². The second-order valence-corrected chi connectivity index (χ2v) is 5.47. The molecule has 2 nitrogen and oxygen atoms in total. The highest BCUT2D eigenvalue weighted by molar-refractivity contribution is 6.31. The van der Waals surface area contributed by atoms with E-state index in [9.17, 15) is 57.1 Å². The molecule has 16 heteroatoms. The van der Waals surface area contributed by atoms with Crippen LogP contribution in [0, 0.1) is 0 Å². The van der Waals surface area contributed by atoms with Crippen molar-refractivity contribution in [2.24, 2.45) is 0 Å². The highest BCUT2D eigenvalue weighted by Gasteiger charge is 2.82. The van der Waals surface area contributed by atoms with Gasteiger partial charge < -0.3 is 9.47 Å². The summed E-state index contributed by atoms with van der Waals surface area (Å²) in [5.41, 5.74) is 0. The van der Waals surface area contributed by atoms with Gasteiger partial charge in [0.2, 0.25) is 0 Å². The lowest BCUT2D eigenvalue weighted by Crippen LogP contribution is -2.54. The van der Waals surface area contributed by atoms with E-state index in [2.05, 4.69) is 9.47 Å². The summed E-state index contributed by atoms with van der Waals surface area (Å²) in [6.07, 6.45) is -9.09. The minimum Gasteiger partial charge on any atom is -0.483 e. The first-order valence-corrected chi connectivity index (χ1v) is 6.66. The van der Waals surface area contributed by atoms with Crippen LogP contribution in [-0.2, 0) is 9.47 Å². The van der Waals surface area contributed by atoms with Crippen molar-refractivity contribution in [2.75, 3.05) is 13.2 Å². The average Bonchev–Trinajstić information content (AvgIpc) is 2.60. The average molecular weight is 453 g/mol. The van der Waals surface area contributed by atoms with Crippen molar-refractivity contribution >= 4 is 11.6 Å². The first kappa shape index (κ1) is 23.9. The van der Waals surface area contributed by atoms with Gasteiger partial charge in [0.05, 0.1) is 0 Å². The molecule has 0 saturated carbocycles. The molecule has 1 aliphatic rings. The van der Waals surface area contributed by atoms with Gasteiger partial charge in [0.25, 0.3) is 0 Å². The van der Waals surface area contributed by atoms with E-state index in [4.69, 9.17) is 11.6 Å². The maximum Gasteiger partial charge on any atom is 0.380 e. The van der Waals surface area contributed by atoms with Crippen molar-refractivity contribution in [3.05, 3.63) is 10.8 Å². The van der Waals surface area contributed by atoms with Crippen LogP contribution < -0.4 is 0 Å². The third kappa shape index (κ3) is 3.89. The third-order valence-electron chi connectivity index (χ3n) is 3.08. The smallest absolute Gasteiger partial charge is 0.380 e. The summed E-state index contributed by atoms with van der Waals surface area (Å²) < 4.78 is 174. The van der Waals surface area contributed by atoms with Crippen molar-refractivity contribution in [1.82, 2.24) is 0 Å². The van der Waals surface area contributed by atoms with Gasteiger partial charge in [-0.05, 0) is 0 Å². The number of hydrogen-bond donors (Lipinski definition) is 0. The lowest BCUT2D eigenvalue weighted by molar-refractivity contribution is -0.325. The van der Waals surface area contributed by atoms with Crippen molar-refractivity contribution in [1.29, 1.82) is 0 Å². The Kier molecular flexibility index (Phi) is 6.24. The Balaban J connectivity index is 3.23. The zero-order valence-electron chi connectivity index (χ0n) is 12.2. The SMILES string of the molecule is FC(F)C(F)(F)COC1=C(Cl)C(F)(OCC(F)(F)C(F)F)C(F)(F)C1(F)F. The van der Waals surface area contributed by atoms with Gasteiger partial charge in [-0.25, -0.2) is 17.6 Å². The van der Waals surface area contributed by atoms with E-state index in [1.807, 2.05) is 0 Å². The highest BCUT2D eigenvalue weighted by atomic mass is 35.5. The second-order valence-electron chi connectivity index (χ2n) is 5.09. The van der Waals surface area contributed by atoms with Crippen LogP contribution in [0.3, 0.4) is 0 Å². The Hall–Kier alpha value is -1.12. The molecule has 0 radical (unpaired) electrons. The molecule has 0 aromatic carbocycles. The molecule has 1 unspecified atom stereocenters. The molecule has 0 bridgehead atoms. The molecule has 0 N–H and O–H groups in total. The van der Waals surface area contributed by atoms with Gasteiger partial charge >= 0.3 is 42.4 Å². The fourth-order valence-electron chi connectivity index (χ4n) is 1.56. The molecule has 0 saturated heterocycles. The highest BCUT2D eigenvalue weighted by Crippen LogP contribution is 2.60. The van der Waals surface area contributed by atoms with Crippen LogP contribution in [0.15, 0.2) is 10.8 Å². The molecular formula is C11H6ClF13O2. The molecule has 0 heterocycles. The quantitative estimate of drug-likeness (QED) is 0.470. The normalized spacial score (nSPS) is 25.6. The lowest BCUT2D eigenvalue weighted by Gasteiger charge is -2.31. The number of ether oxygens (including phenoxy) is 2. The van der Waals surface area contributed by atoms with E-state index in [-0.39, 0.29) is 0 Å². The maximum absolute atomic E-state index is 14.2. The molecule has 0 fully saturated rings. The fourth-order valence-corrected chi connectivity index (χ4v) is 1.91. The summed E-state index contributed by atoms with van der Waals surface area (Å²) in [5.74, 6) is -30.8. The number of rotatable bonds is 8. The summed E-state index contributed by atoms with van der Waals surface area (Å²) in [6.45, 7) is -5.55. The summed E-state index contributed by atoms with van der Waals surface area (Å²) in [7, 11) is 0. The predicted molar refractivity (Wildman–Crippen MR) is 60.4 cm³/mol. The number of halogens is 14. The van der Waals surface area contributed by atoms with E-state index >= 15 is 0 Å². The first-order valence-electron chi connectivity index (χ1n) is 6.28. The molecule has 0 amide bonds. The Morgan fingerprint density at radius 1 is 0.815 bits per heavy atom. The van der Waals surface area contributed by atoms with Crippen LogP contribution in [0.5, 0.6) is 0 Å². The van der Waals surface area contributed by atoms with Crippen LogP contribution in [0.2, 0.25) is 0 Å². The minimum atomic E-state index is -6.20. The van der Waals surface area contributed by atoms with Crippen molar-refractivity contribution in [3.63, 3.8) is 0 Å². The van der Waals surface area contributed by atoms with Crippen molar-refractivity contribution in [3.8, 4) is 0 Å². The molecule has 27 heavy (non-hydrogen) atoms. The summed E-state index contributed by atoms with van der Waals surface area (Å²) in [6, 6.07) is 0. The van der Waals surface area contributed by atoms with Crippen LogP contribution >= 0.6 is 11.6 Å². The van der Waals surface area contributed by atoms with E-state index in [0.717, 1.165) is 0 Å². The Morgan fingerprint density at radius 3 is 1.63 bits per heavy atom. The summed E-state index contributed by atoms with van der Waals surface area (Å²) in [4.78, 5) is 0. The number of allylic oxidation sites excluding steroid dienone is 1. The van der Waals surface area contributed by atoms with Crippen LogP contribution in [-0.4, -0.2) is 55.6 Å². The lowest BCUT2D eigenvalue weighted by atomic mass is 10.1. The molecule has 160 valence electrons. The van der Waals surface area contributed by atoms with Gasteiger partial charge in [-0.1, -0.05) is 11.6 Å². The Bertz CT molecular complexity index is 591. The minimum absolute atomic E-state index is 2.59. The zero-order chi connectivity index (χ0) is 21.6. The zero-order valence-corrected chi connectivity index (χ0v) is 12.9. The van der Waals surface area contributed by atoms with Gasteiger partial charge in [-0.3, -0.25) is 0 Å². The topological polar surface area (TPSA) is 18.5 Å². The largest absolute Gasteiger partial charge is 0.483 e. The summed E-state index contributed by atoms with van der Waals surface area (Å²) >= 11 is 4.80. The molecule has 0 spiro atoms. The molecule has 1 rings (SSSR count). The van der Waals surface area contributed by atoms with Gasteiger partial charge in [-0.2, -0.15) is 39.5 Å². The number of hydrogen-bond acceptors (Lipinski definition) is 2. The molecular weight excluding hydrogens is 447 g/mol. The summed E-state index contributed by atoms with van der Waals surface area (Å²) in [5, 5.41) is -2.59. The number of alkyl halides is 13. The molecule has 0 aromatic rings. The van der Waals surface area contributed by atoms with E-state index in [1.54, 1.807) is 0 Å². The van der Waals surface area contributed by atoms with Crippen molar-refractivity contribution in [2.45, 2.75) is 42.4 Å². The third-order valence-corrected chi connectivity index (χ3v) is 3.49. The monoisotopic (exact) mass is 452 g/mol. The maximum atomic E-state index is 14.2. The van der Waals surface area contributed by atoms with Crippen LogP contribution in [0.4, 0.5) is 57.1 Å². The van der Waals surface area contributed by atoms with Crippen LogP contribution in [0.1, 0.15) is 0 Å². The first-order chi connectivity index (χ1) is 11.8. The van der Waals surface area contributed by atoms with Crippen molar-refractivity contribution < 1.29 is 66.5 Å². The molecule has 1 aliphatic carbocycles. The Labute approximate surface area is 145 Å². The van der Waals surface area contributed by atoms with Gasteiger partial charge in [0, 0.05) is 0 Å². The predicted octanol–water partition coefficient (Wildman–Crippen LogP) is 5.22. The molecule has 0 aliphatic heterocycles.